The number of hydrogen-bond acceptors (Lipinski definition) is 5. The highest BCUT2D eigenvalue weighted by atomic mass is 32.2. The fourth-order valence-electron chi connectivity index (χ4n) is 3.11. The van der Waals surface area contributed by atoms with Gasteiger partial charge in [-0.3, -0.25) is 9.69 Å². The van der Waals surface area contributed by atoms with Crippen molar-refractivity contribution in [2.45, 2.75) is 0 Å². The minimum Gasteiger partial charge on any atom is -0.378 e. The first-order valence-electron chi connectivity index (χ1n) is 8.49. The van der Waals surface area contributed by atoms with Crippen LogP contribution in [0.4, 0.5) is 11.4 Å². The maximum absolute atomic E-state index is 12.9. The topological polar surface area (TPSA) is 32.8 Å². The van der Waals surface area contributed by atoms with Gasteiger partial charge < -0.3 is 9.64 Å². The Hall–Kier alpha value is -2.15. The Labute approximate surface area is 162 Å². The smallest absolute Gasteiger partial charge is 0.270 e. The molecule has 2 aromatic carbocycles. The van der Waals surface area contributed by atoms with Gasteiger partial charge in [0, 0.05) is 18.8 Å². The Balaban J connectivity index is 1.65. The van der Waals surface area contributed by atoms with Crippen LogP contribution in [0.1, 0.15) is 5.56 Å². The van der Waals surface area contributed by atoms with Crippen LogP contribution in [0.5, 0.6) is 0 Å². The second kappa shape index (κ2) is 7.61. The van der Waals surface area contributed by atoms with Crippen molar-refractivity contribution in [1.29, 1.82) is 0 Å². The van der Waals surface area contributed by atoms with E-state index in [1.807, 2.05) is 54.6 Å². The number of thiocarbonyl (C=S) groups is 1. The largest absolute Gasteiger partial charge is 0.378 e. The molecule has 0 spiro atoms. The molecule has 0 radical (unpaired) electrons. The lowest BCUT2D eigenvalue weighted by Crippen LogP contribution is -2.36. The van der Waals surface area contributed by atoms with Gasteiger partial charge in [-0.05, 0) is 29.8 Å². The van der Waals surface area contributed by atoms with Crippen molar-refractivity contribution >= 4 is 51.7 Å². The van der Waals surface area contributed by atoms with E-state index in [-0.39, 0.29) is 5.91 Å². The monoisotopic (exact) mass is 382 g/mol. The van der Waals surface area contributed by atoms with Gasteiger partial charge in [0.2, 0.25) is 0 Å². The van der Waals surface area contributed by atoms with Crippen molar-refractivity contribution in [2.24, 2.45) is 0 Å². The van der Waals surface area contributed by atoms with Crippen molar-refractivity contribution in [3.05, 3.63) is 65.1 Å². The Morgan fingerprint density at radius 3 is 2.46 bits per heavy atom. The van der Waals surface area contributed by atoms with Gasteiger partial charge in [-0.25, -0.2) is 0 Å². The standard InChI is InChI=1S/C20H18N2O2S2/c23-19-18(26-20(25)22(19)16-7-2-1-3-8-16)14-15-6-4-5-9-17(15)21-10-12-24-13-11-21/h1-9,14H,10-13H2/b18-14-. The Morgan fingerprint density at radius 1 is 1.00 bits per heavy atom. The van der Waals surface area contributed by atoms with Crippen LogP contribution in [0.15, 0.2) is 59.5 Å². The number of carbonyl (C=O) groups is 1. The second-order valence-corrected chi connectivity index (χ2v) is 7.69. The third-order valence-corrected chi connectivity index (χ3v) is 5.69. The van der Waals surface area contributed by atoms with E-state index >= 15 is 0 Å². The number of carbonyl (C=O) groups excluding carboxylic acids is 1. The van der Waals surface area contributed by atoms with Crippen LogP contribution in [-0.2, 0) is 9.53 Å². The molecular formula is C20H18N2O2S2. The summed E-state index contributed by atoms with van der Waals surface area (Å²) in [5.41, 5.74) is 2.96. The number of anilines is 2. The highest BCUT2D eigenvalue weighted by molar-refractivity contribution is 8.27. The van der Waals surface area contributed by atoms with E-state index in [9.17, 15) is 4.79 Å². The summed E-state index contributed by atoms with van der Waals surface area (Å²) in [4.78, 5) is 17.5. The summed E-state index contributed by atoms with van der Waals surface area (Å²) in [7, 11) is 0. The van der Waals surface area contributed by atoms with E-state index in [2.05, 4.69) is 11.0 Å². The molecule has 2 aromatic rings. The molecule has 2 aliphatic heterocycles. The molecule has 2 saturated heterocycles. The molecule has 0 N–H and O–H groups in total. The van der Waals surface area contributed by atoms with Crippen LogP contribution in [0, 0.1) is 0 Å². The van der Waals surface area contributed by atoms with Crippen LogP contribution < -0.4 is 9.80 Å². The van der Waals surface area contributed by atoms with E-state index in [4.69, 9.17) is 17.0 Å². The molecule has 26 heavy (non-hydrogen) atoms. The maximum Gasteiger partial charge on any atom is 0.270 e. The predicted molar refractivity (Wildman–Crippen MR) is 112 cm³/mol. The molecule has 0 bridgehead atoms. The lowest BCUT2D eigenvalue weighted by atomic mass is 10.1. The van der Waals surface area contributed by atoms with Crippen LogP contribution in [-0.4, -0.2) is 36.5 Å². The number of hydrogen-bond donors (Lipinski definition) is 0. The lowest BCUT2D eigenvalue weighted by Gasteiger charge is -2.30. The molecule has 0 aromatic heterocycles. The fourth-order valence-corrected chi connectivity index (χ4v) is 4.40. The van der Waals surface area contributed by atoms with Crippen LogP contribution in [0.25, 0.3) is 6.08 Å². The van der Waals surface area contributed by atoms with Gasteiger partial charge >= 0.3 is 0 Å². The van der Waals surface area contributed by atoms with E-state index in [0.29, 0.717) is 9.23 Å². The number of rotatable bonds is 3. The molecule has 1 amide bonds. The first kappa shape index (κ1) is 17.3. The van der Waals surface area contributed by atoms with Gasteiger partial charge in [-0.15, -0.1) is 0 Å². The van der Waals surface area contributed by atoms with Crippen molar-refractivity contribution in [3.8, 4) is 0 Å². The highest BCUT2D eigenvalue weighted by Crippen LogP contribution is 2.37. The highest BCUT2D eigenvalue weighted by Gasteiger charge is 2.33. The van der Waals surface area contributed by atoms with E-state index < -0.39 is 0 Å². The number of ether oxygens (including phenoxy) is 1. The van der Waals surface area contributed by atoms with Crippen molar-refractivity contribution in [3.63, 3.8) is 0 Å². The van der Waals surface area contributed by atoms with E-state index in [1.54, 1.807) is 4.90 Å². The van der Waals surface area contributed by atoms with Crippen LogP contribution in [0.3, 0.4) is 0 Å². The number of amides is 1. The molecule has 2 fully saturated rings. The number of para-hydroxylation sites is 2. The lowest BCUT2D eigenvalue weighted by molar-refractivity contribution is -0.113. The first-order chi connectivity index (χ1) is 12.7. The summed E-state index contributed by atoms with van der Waals surface area (Å²) >= 11 is 6.80. The fraction of sp³-hybridized carbons (Fsp3) is 0.200. The molecule has 2 heterocycles. The first-order valence-corrected chi connectivity index (χ1v) is 9.71. The third kappa shape index (κ3) is 3.40. The molecule has 4 nitrogen and oxygen atoms in total. The van der Waals surface area contributed by atoms with E-state index in [0.717, 1.165) is 43.2 Å². The molecule has 0 saturated carbocycles. The SMILES string of the molecule is O=C1/C(=C/c2ccccc2N2CCOCC2)SC(=S)N1c1ccccc1. The third-order valence-electron chi connectivity index (χ3n) is 4.38. The zero-order valence-electron chi connectivity index (χ0n) is 14.1. The zero-order valence-corrected chi connectivity index (χ0v) is 15.8. The summed E-state index contributed by atoms with van der Waals surface area (Å²) in [6.45, 7) is 3.17. The molecular weight excluding hydrogens is 364 g/mol. The number of nitrogens with zero attached hydrogens (tertiary/aromatic N) is 2. The quantitative estimate of drug-likeness (QED) is 0.593. The Kier molecular flexibility index (Phi) is 5.06. The van der Waals surface area contributed by atoms with Crippen LogP contribution >= 0.6 is 24.0 Å². The van der Waals surface area contributed by atoms with Gasteiger partial charge in [0.05, 0.1) is 23.8 Å². The minimum absolute atomic E-state index is 0.0667. The zero-order chi connectivity index (χ0) is 17.9. The van der Waals surface area contributed by atoms with Gasteiger partial charge in [0.1, 0.15) is 0 Å². The molecule has 132 valence electrons. The Bertz CT molecular complexity index is 861. The van der Waals surface area contributed by atoms with E-state index in [1.165, 1.54) is 11.8 Å². The van der Waals surface area contributed by atoms with Gasteiger partial charge in [0.15, 0.2) is 4.32 Å². The number of thioether (sulfide) groups is 1. The maximum atomic E-state index is 12.9. The molecule has 0 atom stereocenters. The summed E-state index contributed by atoms with van der Waals surface area (Å²) in [6, 6.07) is 17.7. The molecule has 4 rings (SSSR count). The van der Waals surface area contributed by atoms with Gasteiger partial charge in [0.25, 0.3) is 5.91 Å². The van der Waals surface area contributed by atoms with Crippen LogP contribution in [0.2, 0.25) is 0 Å². The van der Waals surface area contributed by atoms with Crippen molar-refractivity contribution in [1.82, 2.24) is 0 Å². The molecule has 0 unspecified atom stereocenters. The predicted octanol–water partition coefficient (Wildman–Crippen LogP) is 3.93. The summed E-state index contributed by atoms with van der Waals surface area (Å²) in [5.74, 6) is -0.0667. The molecule has 6 heteroatoms. The van der Waals surface area contributed by atoms with Crippen molar-refractivity contribution in [2.75, 3.05) is 36.1 Å². The summed E-state index contributed by atoms with van der Waals surface area (Å²) in [5, 5.41) is 0. The summed E-state index contributed by atoms with van der Waals surface area (Å²) in [6.07, 6.45) is 1.95. The minimum atomic E-state index is -0.0667. The molecule has 2 aliphatic rings. The normalized spacial score (nSPS) is 19.5. The molecule has 0 aliphatic carbocycles. The summed E-state index contributed by atoms with van der Waals surface area (Å²) < 4.78 is 6.02. The second-order valence-electron chi connectivity index (χ2n) is 6.01. The number of benzene rings is 2. The van der Waals surface area contributed by atoms with Crippen molar-refractivity contribution < 1.29 is 9.53 Å². The average molecular weight is 383 g/mol. The number of morpholine rings is 1. The van der Waals surface area contributed by atoms with Gasteiger partial charge in [-0.2, -0.15) is 0 Å². The average Bonchev–Trinajstić information content (AvgIpc) is 2.97. The Morgan fingerprint density at radius 2 is 1.69 bits per heavy atom. The van der Waals surface area contributed by atoms with Gasteiger partial charge in [-0.1, -0.05) is 60.4 Å².